The number of nitrogens with one attached hydrogen (secondary N) is 2. The highest BCUT2D eigenvalue weighted by atomic mass is 32.2. The lowest BCUT2D eigenvalue weighted by molar-refractivity contribution is 0.171. The van der Waals surface area contributed by atoms with E-state index in [0.29, 0.717) is 36.1 Å². The zero-order valence-electron chi connectivity index (χ0n) is 13.5. The fraction of sp³-hybridized carbons (Fsp3) is 0.438. The maximum Gasteiger partial charge on any atom is 0.245 e. The molecule has 8 heteroatoms. The first-order chi connectivity index (χ1) is 11.4. The molecule has 0 radical (unpaired) electrons. The highest BCUT2D eigenvalue weighted by Crippen LogP contribution is 2.48. The molecule has 24 heavy (non-hydrogen) atoms. The lowest BCUT2D eigenvalue weighted by atomic mass is 10.1. The SMILES string of the molecule is Cc1n[nH]c(C)c1S(=O)(=O)NC1(c2ccc3c(c2)OCCO3)CC1. The molecule has 0 atom stereocenters. The van der Waals surface area contributed by atoms with E-state index in [1.54, 1.807) is 13.8 Å². The van der Waals surface area contributed by atoms with Gasteiger partial charge in [-0.25, -0.2) is 13.1 Å². The number of rotatable bonds is 4. The van der Waals surface area contributed by atoms with Gasteiger partial charge in [0.2, 0.25) is 10.0 Å². The van der Waals surface area contributed by atoms with Crippen LogP contribution in [0, 0.1) is 13.8 Å². The lowest BCUT2D eigenvalue weighted by Gasteiger charge is -2.22. The minimum absolute atomic E-state index is 0.228. The number of ether oxygens (including phenoxy) is 2. The molecular weight excluding hydrogens is 330 g/mol. The predicted octanol–water partition coefficient (Wildman–Crippen LogP) is 1.77. The molecule has 128 valence electrons. The van der Waals surface area contributed by atoms with E-state index < -0.39 is 15.6 Å². The highest BCUT2D eigenvalue weighted by molar-refractivity contribution is 7.89. The third-order valence-electron chi connectivity index (χ3n) is 4.50. The van der Waals surface area contributed by atoms with Gasteiger partial charge in [-0.2, -0.15) is 5.10 Å². The summed E-state index contributed by atoms with van der Waals surface area (Å²) in [5.41, 5.74) is 1.33. The number of nitrogens with zero attached hydrogens (tertiary/aromatic N) is 1. The van der Waals surface area contributed by atoms with Gasteiger partial charge in [0.1, 0.15) is 18.1 Å². The zero-order valence-corrected chi connectivity index (χ0v) is 14.4. The van der Waals surface area contributed by atoms with Crippen molar-refractivity contribution in [1.29, 1.82) is 0 Å². The molecule has 1 aliphatic heterocycles. The van der Waals surface area contributed by atoms with Crippen LogP contribution in [0.4, 0.5) is 0 Å². The number of H-pyrrole nitrogens is 1. The molecule has 0 bridgehead atoms. The first kappa shape index (κ1) is 15.5. The van der Waals surface area contributed by atoms with Crippen molar-refractivity contribution in [2.24, 2.45) is 0 Å². The second-order valence-electron chi connectivity index (χ2n) is 6.31. The summed E-state index contributed by atoms with van der Waals surface area (Å²) in [4.78, 5) is 0.228. The molecule has 7 nitrogen and oxygen atoms in total. The molecule has 2 aromatic rings. The van der Waals surface area contributed by atoms with Crippen LogP contribution in [0.2, 0.25) is 0 Å². The van der Waals surface area contributed by atoms with E-state index in [-0.39, 0.29) is 4.90 Å². The van der Waals surface area contributed by atoms with Crippen LogP contribution in [0.1, 0.15) is 29.8 Å². The van der Waals surface area contributed by atoms with Gasteiger partial charge in [-0.1, -0.05) is 6.07 Å². The lowest BCUT2D eigenvalue weighted by Crippen LogP contribution is -2.35. The van der Waals surface area contributed by atoms with E-state index in [2.05, 4.69) is 14.9 Å². The normalized spacial score (nSPS) is 18.4. The first-order valence-electron chi connectivity index (χ1n) is 7.87. The summed E-state index contributed by atoms with van der Waals surface area (Å²) < 4.78 is 39.7. The summed E-state index contributed by atoms with van der Waals surface area (Å²) in [6, 6.07) is 5.61. The number of aromatic amines is 1. The Balaban J connectivity index is 1.67. The molecule has 2 N–H and O–H groups in total. The van der Waals surface area contributed by atoms with Crippen LogP contribution in [0.5, 0.6) is 11.5 Å². The van der Waals surface area contributed by atoms with Crippen LogP contribution in [0.3, 0.4) is 0 Å². The van der Waals surface area contributed by atoms with E-state index in [1.807, 2.05) is 18.2 Å². The van der Waals surface area contributed by atoms with Crippen LogP contribution in [0.25, 0.3) is 0 Å². The van der Waals surface area contributed by atoms with Gasteiger partial charge >= 0.3 is 0 Å². The van der Waals surface area contributed by atoms with Crippen LogP contribution >= 0.6 is 0 Å². The van der Waals surface area contributed by atoms with Crippen LogP contribution in [-0.2, 0) is 15.6 Å². The summed E-state index contributed by atoms with van der Waals surface area (Å²) in [5, 5.41) is 6.71. The molecule has 0 saturated heterocycles. The van der Waals surface area contributed by atoms with Gasteiger partial charge in [-0.15, -0.1) is 0 Å². The van der Waals surface area contributed by atoms with Crippen molar-refractivity contribution in [3.63, 3.8) is 0 Å². The summed E-state index contributed by atoms with van der Waals surface area (Å²) >= 11 is 0. The van der Waals surface area contributed by atoms with Gasteiger partial charge in [0, 0.05) is 0 Å². The van der Waals surface area contributed by atoms with Gasteiger partial charge in [0.15, 0.2) is 11.5 Å². The van der Waals surface area contributed by atoms with Crippen LogP contribution < -0.4 is 14.2 Å². The Hall–Kier alpha value is -2.06. The largest absolute Gasteiger partial charge is 0.486 e. The Bertz CT molecular complexity index is 881. The Morgan fingerprint density at radius 3 is 2.50 bits per heavy atom. The van der Waals surface area contributed by atoms with Crippen molar-refractivity contribution in [1.82, 2.24) is 14.9 Å². The molecule has 1 aliphatic carbocycles. The van der Waals surface area contributed by atoms with E-state index in [0.717, 1.165) is 18.4 Å². The Kier molecular flexibility index (Phi) is 3.36. The van der Waals surface area contributed by atoms with Crippen LogP contribution in [0.15, 0.2) is 23.1 Å². The first-order valence-corrected chi connectivity index (χ1v) is 9.35. The second-order valence-corrected chi connectivity index (χ2v) is 7.93. The molecule has 1 fully saturated rings. The summed E-state index contributed by atoms with van der Waals surface area (Å²) in [6.07, 6.45) is 1.50. The van der Waals surface area contributed by atoms with Crippen LogP contribution in [-0.4, -0.2) is 31.8 Å². The second kappa shape index (κ2) is 5.22. The smallest absolute Gasteiger partial charge is 0.245 e. The van der Waals surface area contributed by atoms with Gasteiger partial charge < -0.3 is 9.47 Å². The number of fused-ring (bicyclic) bond motifs is 1. The predicted molar refractivity (Wildman–Crippen MR) is 86.7 cm³/mol. The van der Waals surface area contributed by atoms with E-state index in [1.165, 1.54) is 0 Å². The average Bonchev–Trinajstić information content (AvgIpc) is 3.23. The van der Waals surface area contributed by atoms with E-state index in [9.17, 15) is 8.42 Å². The third-order valence-corrected chi connectivity index (χ3v) is 6.30. The fourth-order valence-electron chi connectivity index (χ4n) is 3.16. The number of benzene rings is 1. The molecule has 2 heterocycles. The van der Waals surface area contributed by atoms with Gasteiger partial charge in [0.25, 0.3) is 0 Å². The van der Waals surface area contributed by atoms with Crippen molar-refractivity contribution in [2.75, 3.05) is 13.2 Å². The number of aromatic nitrogens is 2. The summed E-state index contributed by atoms with van der Waals surface area (Å²) in [7, 11) is -3.66. The molecule has 1 aromatic carbocycles. The minimum Gasteiger partial charge on any atom is -0.486 e. The maximum atomic E-state index is 12.8. The molecular formula is C16H19N3O4S. The molecule has 0 spiro atoms. The Labute approximate surface area is 140 Å². The molecule has 0 unspecified atom stereocenters. The van der Waals surface area contributed by atoms with Crippen molar-refractivity contribution in [2.45, 2.75) is 37.1 Å². The molecule has 1 aromatic heterocycles. The standard InChI is InChI=1S/C16H19N3O4S/c1-10-15(11(2)18-17-10)24(20,21)19-16(5-6-16)12-3-4-13-14(9-12)23-8-7-22-13/h3-4,9,19H,5-8H2,1-2H3,(H,17,18). The molecule has 1 saturated carbocycles. The Morgan fingerprint density at radius 1 is 1.17 bits per heavy atom. The minimum atomic E-state index is -3.66. The van der Waals surface area contributed by atoms with E-state index in [4.69, 9.17) is 9.47 Å². The number of hydrogen-bond acceptors (Lipinski definition) is 5. The molecule has 0 amide bonds. The maximum absolute atomic E-state index is 12.8. The fourth-order valence-corrected chi connectivity index (χ4v) is 4.98. The number of hydrogen-bond donors (Lipinski definition) is 2. The molecule has 2 aliphatic rings. The highest BCUT2D eigenvalue weighted by Gasteiger charge is 2.48. The molecule has 4 rings (SSSR count). The number of sulfonamides is 1. The van der Waals surface area contributed by atoms with Crippen molar-refractivity contribution >= 4 is 10.0 Å². The monoisotopic (exact) mass is 349 g/mol. The summed E-state index contributed by atoms with van der Waals surface area (Å²) in [5.74, 6) is 1.37. The third kappa shape index (κ3) is 2.46. The topological polar surface area (TPSA) is 93.3 Å². The van der Waals surface area contributed by atoms with Crippen molar-refractivity contribution in [3.8, 4) is 11.5 Å². The Morgan fingerprint density at radius 2 is 1.88 bits per heavy atom. The van der Waals surface area contributed by atoms with E-state index >= 15 is 0 Å². The van der Waals surface area contributed by atoms with Crippen molar-refractivity contribution in [3.05, 3.63) is 35.2 Å². The average molecular weight is 349 g/mol. The zero-order chi connectivity index (χ0) is 16.9. The summed E-state index contributed by atoms with van der Waals surface area (Å²) in [6.45, 7) is 4.42. The van der Waals surface area contributed by atoms with Gasteiger partial charge in [-0.05, 0) is 44.4 Å². The quantitative estimate of drug-likeness (QED) is 0.877. The number of aryl methyl sites for hydroxylation is 2. The van der Waals surface area contributed by atoms with Gasteiger partial charge in [0.05, 0.1) is 16.9 Å². The van der Waals surface area contributed by atoms with Crippen molar-refractivity contribution < 1.29 is 17.9 Å². The van der Waals surface area contributed by atoms with Gasteiger partial charge in [-0.3, -0.25) is 5.10 Å².